The highest BCUT2D eigenvalue weighted by Crippen LogP contribution is 2.38. The zero-order valence-corrected chi connectivity index (χ0v) is 23.6. The van der Waals surface area contributed by atoms with Gasteiger partial charge >= 0.3 is 6.18 Å². The van der Waals surface area contributed by atoms with Crippen LogP contribution in [-0.4, -0.2) is 64.1 Å². The van der Waals surface area contributed by atoms with Crippen molar-refractivity contribution in [3.8, 4) is 17.6 Å². The van der Waals surface area contributed by atoms with Crippen LogP contribution < -0.4 is 15.4 Å². The number of methoxy groups -OCH3 is 1. The number of hydrogen-bond donors (Lipinski definition) is 2. The Kier molecular flexibility index (Phi) is 8.14. The molecule has 0 unspecified atom stereocenters. The summed E-state index contributed by atoms with van der Waals surface area (Å²) in [5, 5.41) is 7.24. The SMILES string of the molecule is COc1cc(S(C)(=O)=O)ccc1NCC#Cc1cc2c(NC3CCC4(CC3)OCCO4)cccc2n1CC(F)(F)F. The molecule has 12 heteroatoms. The molecule has 41 heavy (non-hydrogen) atoms. The summed E-state index contributed by atoms with van der Waals surface area (Å²) in [4.78, 5) is 0.111. The summed E-state index contributed by atoms with van der Waals surface area (Å²) in [5.41, 5.74) is 1.95. The zero-order valence-electron chi connectivity index (χ0n) is 22.8. The van der Waals surface area contributed by atoms with Gasteiger partial charge in [-0.05, 0) is 49.1 Å². The number of ether oxygens (including phenoxy) is 3. The molecular weight excluding hydrogens is 559 g/mol. The summed E-state index contributed by atoms with van der Waals surface area (Å²) in [6.07, 6.45) is -0.147. The molecule has 1 aliphatic carbocycles. The summed E-state index contributed by atoms with van der Waals surface area (Å²) < 4.78 is 82.5. The minimum atomic E-state index is -4.43. The van der Waals surface area contributed by atoms with E-state index in [0.717, 1.165) is 37.6 Å². The summed E-state index contributed by atoms with van der Waals surface area (Å²) in [5.74, 6) is 5.60. The average Bonchev–Trinajstić information content (AvgIpc) is 3.52. The van der Waals surface area contributed by atoms with Crippen LogP contribution >= 0.6 is 0 Å². The number of aromatic nitrogens is 1. The summed E-state index contributed by atoms with van der Waals surface area (Å²) in [7, 11) is -1.99. The Morgan fingerprint density at radius 3 is 2.49 bits per heavy atom. The van der Waals surface area contributed by atoms with E-state index in [1.165, 1.54) is 23.8 Å². The predicted molar refractivity (Wildman–Crippen MR) is 150 cm³/mol. The van der Waals surface area contributed by atoms with E-state index in [4.69, 9.17) is 14.2 Å². The Bertz CT molecular complexity index is 1570. The molecule has 3 aromatic rings. The highest BCUT2D eigenvalue weighted by Gasteiger charge is 2.40. The number of nitrogens with zero attached hydrogens (tertiary/aromatic N) is 1. The topological polar surface area (TPSA) is 90.8 Å². The zero-order chi connectivity index (χ0) is 29.3. The Morgan fingerprint density at radius 1 is 1.10 bits per heavy atom. The van der Waals surface area contributed by atoms with Crippen LogP contribution in [0.15, 0.2) is 47.4 Å². The van der Waals surface area contributed by atoms with Crippen LogP contribution in [0.4, 0.5) is 24.5 Å². The second-order valence-corrected chi connectivity index (χ2v) is 12.3. The number of fused-ring (bicyclic) bond motifs is 1. The van der Waals surface area contributed by atoms with Gasteiger partial charge in [-0.25, -0.2) is 8.42 Å². The fourth-order valence-electron chi connectivity index (χ4n) is 5.39. The summed E-state index contributed by atoms with van der Waals surface area (Å²) in [6.45, 7) is 0.138. The molecule has 0 radical (unpaired) electrons. The van der Waals surface area contributed by atoms with Gasteiger partial charge in [-0.3, -0.25) is 0 Å². The molecular formula is C29H32F3N3O5S. The lowest BCUT2D eigenvalue weighted by atomic mass is 9.90. The minimum Gasteiger partial charge on any atom is -0.495 e. The molecule has 220 valence electrons. The van der Waals surface area contributed by atoms with Gasteiger partial charge in [0.05, 0.1) is 48.7 Å². The Morgan fingerprint density at radius 2 is 1.83 bits per heavy atom. The maximum atomic E-state index is 13.6. The summed E-state index contributed by atoms with van der Waals surface area (Å²) >= 11 is 0. The van der Waals surface area contributed by atoms with Crippen LogP contribution in [0.2, 0.25) is 0 Å². The predicted octanol–water partition coefficient (Wildman–Crippen LogP) is 5.18. The number of sulfone groups is 1. The van der Waals surface area contributed by atoms with Gasteiger partial charge in [0.2, 0.25) is 0 Å². The smallest absolute Gasteiger partial charge is 0.406 e. The van der Waals surface area contributed by atoms with E-state index in [2.05, 4.69) is 22.5 Å². The molecule has 0 bridgehead atoms. The van der Waals surface area contributed by atoms with Crippen molar-refractivity contribution < 1.29 is 35.8 Å². The normalized spacial score (nSPS) is 17.4. The fourth-order valence-corrected chi connectivity index (χ4v) is 6.03. The quantitative estimate of drug-likeness (QED) is 0.366. The van der Waals surface area contributed by atoms with Crippen molar-refractivity contribution >= 4 is 32.1 Å². The van der Waals surface area contributed by atoms with Gasteiger partial charge in [-0.15, -0.1) is 0 Å². The molecule has 0 amide bonds. The molecule has 1 aliphatic heterocycles. The third-order valence-electron chi connectivity index (χ3n) is 7.39. The number of benzene rings is 2. The first kappa shape index (κ1) is 29.1. The van der Waals surface area contributed by atoms with Crippen LogP contribution in [-0.2, 0) is 25.9 Å². The van der Waals surface area contributed by atoms with E-state index in [0.29, 0.717) is 35.6 Å². The Balaban J connectivity index is 1.36. The lowest BCUT2D eigenvalue weighted by Gasteiger charge is -2.36. The number of rotatable bonds is 7. The number of hydrogen-bond acceptors (Lipinski definition) is 7. The first-order valence-electron chi connectivity index (χ1n) is 13.3. The molecule has 8 nitrogen and oxygen atoms in total. The van der Waals surface area contributed by atoms with Crippen molar-refractivity contribution in [2.45, 2.75) is 55.1 Å². The number of halogens is 3. The highest BCUT2D eigenvalue weighted by atomic mass is 32.2. The fraction of sp³-hybridized carbons (Fsp3) is 0.448. The van der Waals surface area contributed by atoms with Gasteiger partial charge in [0.1, 0.15) is 12.3 Å². The van der Waals surface area contributed by atoms with E-state index in [1.807, 2.05) is 6.07 Å². The first-order valence-corrected chi connectivity index (χ1v) is 15.2. The third-order valence-corrected chi connectivity index (χ3v) is 8.50. The molecule has 5 rings (SSSR count). The molecule has 1 spiro atoms. The van der Waals surface area contributed by atoms with Crippen molar-refractivity contribution in [1.29, 1.82) is 0 Å². The molecule has 1 saturated carbocycles. The lowest BCUT2D eigenvalue weighted by molar-refractivity contribution is -0.177. The van der Waals surface area contributed by atoms with Gasteiger partial charge < -0.3 is 29.4 Å². The van der Waals surface area contributed by atoms with Gasteiger partial charge in [0.25, 0.3) is 0 Å². The monoisotopic (exact) mass is 591 g/mol. The van der Waals surface area contributed by atoms with E-state index in [-0.39, 0.29) is 23.2 Å². The molecule has 2 N–H and O–H groups in total. The second kappa shape index (κ2) is 11.5. The second-order valence-electron chi connectivity index (χ2n) is 10.3. The van der Waals surface area contributed by atoms with Gasteiger partial charge in [-0.1, -0.05) is 12.0 Å². The molecule has 1 aromatic heterocycles. The maximum absolute atomic E-state index is 13.6. The third kappa shape index (κ3) is 6.74. The minimum absolute atomic E-state index is 0.0984. The van der Waals surface area contributed by atoms with E-state index < -0.39 is 28.3 Å². The van der Waals surface area contributed by atoms with Crippen LogP contribution in [0.1, 0.15) is 31.4 Å². The molecule has 1 saturated heterocycles. The van der Waals surface area contributed by atoms with E-state index in [9.17, 15) is 21.6 Å². The maximum Gasteiger partial charge on any atom is 0.406 e. The van der Waals surface area contributed by atoms with Crippen molar-refractivity contribution in [3.05, 3.63) is 48.2 Å². The standard InChI is InChI=1S/C29H32F3N3O5S/c1-38-27-18-22(41(2,36)37)8-9-25(27)33-14-4-5-21-17-23-24(6-3-7-26(23)35(21)19-29(30,31)32)34-20-10-12-28(13-11-20)39-15-16-40-28/h3,6-9,17-18,20,33-34H,10-16,19H2,1-2H3. The highest BCUT2D eigenvalue weighted by molar-refractivity contribution is 7.90. The first-order chi connectivity index (χ1) is 19.5. The van der Waals surface area contributed by atoms with E-state index in [1.54, 1.807) is 24.3 Å². The average molecular weight is 592 g/mol. The molecule has 0 atom stereocenters. The molecule has 2 fully saturated rings. The largest absolute Gasteiger partial charge is 0.495 e. The Hall–Kier alpha value is -3.40. The van der Waals surface area contributed by atoms with Crippen LogP contribution in [0.3, 0.4) is 0 Å². The van der Waals surface area contributed by atoms with Crippen molar-refractivity contribution in [2.24, 2.45) is 0 Å². The van der Waals surface area contributed by atoms with Crippen LogP contribution in [0.5, 0.6) is 5.75 Å². The van der Waals surface area contributed by atoms with Gasteiger partial charge in [0, 0.05) is 42.3 Å². The van der Waals surface area contributed by atoms with Gasteiger partial charge in [0.15, 0.2) is 15.6 Å². The molecule has 2 heterocycles. The van der Waals surface area contributed by atoms with Crippen molar-refractivity contribution in [2.75, 3.05) is 43.8 Å². The molecule has 2 aliphatic rings. The molecule has 2 aromatic carbocycles. The number of anilines is 2. The van der Waals surface area contributed by atoms with Crippen molar-refractivity contribution in [3.63, 3.8) is 0 Å². The van der Waals surface area contributed by atoms with Crippen molar-refractivity contribution in [1.82, 2.24) is 4.57 Å². The Labute approximate surface area is 237 Å². The number of nitrogens with one attached hydrogen (secondary N) is 2. The van der Waals surface area contributed by atoms with Crippen LogP contribution in [0, 0.1) is 11.8 Å². The van der Waals surface area contributed by atoms with Crippen LogP contribution in [0.25, 0.3) is 10.9 Å². The van der Waals surface area contributed by atoms with Gasteiger partial charge in [-0.2, -0.15) is 13.2 Å². The number of alkyl halides is 3. The van der Waals surface area contributed by atoms with E-state index >= 15 is 0 Å². The lowest BCUT2D eigenvalue weighted by Crippen LogP contribution is -2.39. The summed E-state index contributed by atoms with van der Waals surface area (Å²) in [6, 6.07) is 11.5.